The van der Waals surface area contributed by atoms with Crippen LogP contribution in [-0.2, 0) is 6.42 Å². The fraction of sp³-hybridized carbons (Fsp3) is 0.167. The van der Waals surface area contributed by atoms with Crippen molar-refractivity contribution < 1.29 is 8.78 Å². The van der Waals surface area contributed by atoms with Crippen molar-refractivity contribution in [2.75, 3.05) is 11.9 Å². The van der Waals surface area contributed by atoms with Gasteiger partial charge in [-0.2, -0.15) is 0 Å². The Morgan fingerprint density at radius 1 is 1.08 bits per heavy atom. The molecule has 3 rings (SSSR count). The summed E-state index contributed by atoms with van der Waals surface area (Å²) in [5.74, 6) is -0.950. The van der Waals surface area contributed by atoms with Crippen LogP contribution in [0.15, 0.2) is 47.4 Å². The summed E-state index contributed by atoms with van der Waals surface area (Å²) in [5, 5.41) is 3.16. The molecule has 7 heteroatoms. The van der Waals surface area contributed by atoms with Crippen molar-refractivity contribution in [3.63, 3.8) is 0 Å². The van der Waals surface area contributed by atoms with Crippen molar-refractivity contribution in [3.8, 4) is 11.4 Å². The molecule has 0 saturated carbocycles. The Balaban J connectivity index is 1.75. The molecule has 1 aromatic carbocycles. The first-order chi connectivity index (χ1) is 12.0. The maximum atomic E-state index is 13.4. The van der Waals surface area contributed by atoms with Gasteiger partial charge in [0.15, 0.2) is 17.5 Å². The van der Waals surface area contributed by atoms with Crippen LogP contribution in [0.25, 0.3) is 11.4 Å². The molecular formula is C18H16F2N4O. The number of aryl methyl sites for hydroxylation is 1. The molecule has 2 aromatic heterocycles. The van der Waals surface area contributed by atoms with E-state index in [1.165, 1.54) is 6.07 Å². The van der Waals surface area contributed by atoms with Crippen LogP contribution in [0.4, 0.5) is 14.6 Å². The first-order valence-corrected chi connectivity index (χ1v) is 7.74. The summed E-state index contributed by atoms with van der Waals surface area (Å²) >= 11 is 0. The Morgan fingerprint density at radius 2 is 1.92 bits per heavy atom. The molecule has 0 bridgehead atoms. The Hall–Kier alpha value is -3.09. The predicted octanol–water partition coefficient (Wildman–Crippen LogP) is 3.07. The second-order valence-electron chi connectivity index (χ2n) is 5.59. The third kappa shape index (κ3) is 4.26. The first-order valence-electron chi connectivity index (χ1n) is 7.74. The molecule has 0 spiro atoms. The van der Waals surface area contributed by atoms with Crippen LogP contribution in [-0.4, -0.2) is 21.5 Å². The number of benzene rings is 1. The van der Waals surface area contributed by atoms with Gasteiger partial charge in [-0.1, -0.05) is 0 Å². The predicted molar refractivity (Wildman–Crippen MR) is 91.4 cm³/mol. The summed E-state index contributed by atoms with van der Waals surface area (Å²) in [7, 11) is 0. The number of nitrogens with one attached hydrogen (secondary N) is 2. The van der Waals surface area contributed by atoms with Gasteiger partial charge in [-0.25, -0.2) is 18.7 Å². The lowest BCUT2D eigenvalue weighted by Gasteiger charge is -2.09. The van der Waals surface area contributed by atoms with Crippen molar-refractivity contribution >= 4 is 5.82 Å². The van der Waals surface area contributed by atoms with Crippen LogP contribution < -0.4 is 10.9 Å². The number of H-pyrrole nitrogens is 1. The topological polar surface area (TPSA) is 70.7 Å². The quantitative estimate of drug-likeness (QED) is 0.748. The van der Waals surface area contributed by atoms with Crippen molar-refractivity contribution in [2.24, 2.45) is 0 Å². The zero-order valence-electron chi connectivity index (χ0n) is 13.5. The van der Waals surface area contributed by atoms with E-state index in [-0.39, 0.29) is 5.56 Å². The van der Waals surface area contributed by atoms with E-state index < -0.39 is 11.6 Å². The second-order valence-corrected chi connectivity index (χ2v) is 5.59. The number of pyridine rings is 1. The lowest BCUT2D eigenvalue weighted by molar-refractivity contribution is 0.509. The molecule has 128 valence electrons. The molecule has 0 fully saturated rings. The smallest absolute Gasteiger partial charge is 0.248 e. The molecule has 2 heterocycles. The average Bonchev–Trinajstić information content (AvgIpc) is 2.57. The van der Waals surface area contributed by atoms with Crippen molar-refractivity contribution in [1.29, 1.82) is 0 Å². The maximum absolute atomic E-state index is 13.4. The minimum Gasteiger partial charge on any atom is -0.370 e. The standard InChI is InChI=1S/C18H16F2N4O/c1-11-8-16(21-6-4-12-5-7-22-17(25)9-12)24-18(23-11)13-2-3-14(19)15(20)10-13/h2-3,5,7-10H,4,6H2,1H3,(H,22,25)(H,21,23,24). The van der Waals surface area contributed by atoms with E-state index in [0.717, 1.165) is 17.7 Å². The highest BCUT2D eigenvalue weighted by Gasteiger charge is 2.09. The fourth-order valence-corrected chi connectivity index (χ4v) is 2.40. The highest BCUT2D eigenvalue weighted by Crippen LogP contribution is 2.20. The van der Waals surface area contributed by atoms with E-state index in [2.05, 4.69) is 20.3 Å². The van der Waals surface area contributed by atoms with Gasteiger partial charge in [0.1, 0.15) is 5.82 Å². The van der Waals surface area contributed by atoms with Crippen molar-refractivity contribution in [2.45, 2.75) is 13.3 Å². The van der Waals surface area contributed by atoms with E-state index in [9.17, 15) is 13.6 Å². The van der Waals surface area contributed by atoms with Crippen LogP contribution in [0.1, 0.15) is 11.3 Å². The molecule has 0 saturated heterocycles. The summed E-state index contributed by atoms with van der Waals surface area (Å²) in [5.41, 5.74) is 1.87. The second kappa shape index (κ2) is 7.21. The largest absolute Gasteiger partial charge is 0.370 e. The van der Waals surface area contributed by atoms with Crippen molar-refractivity contribution in [1.82, 2.24) is 15.0 Å². The molecule has 5 nitrogen and oxygen atoms in total. The van der Waals surface area contributed by atoms with Crippen LogP contribution in [0, 0.1) is 18.6 Å². The van der Waals surface area contributed by atoms with Gasteiger partial charge in [0, 0.05) is 36.1 Å². The lowest BCUT2D eigenvalue weighted by Crippen LogP contribution is -2.10. The Kier molecular flexibility index (Phi) is 4.83. The van der Waals surface area contributed by atoms with Gasteiger partial charge in [-0.05, 0) is 43.2 Å². The summed E-state index contributed by atoms with van der Waals surface area (Å²) in [4.78, 5) is 22.4. The first kappa shape index (κ1) is 16.8. The summed E-state index contributed by atoms with van der Waals surface area (Å²) in [6, 6.07) is 8.70. The minimum absolute atomic E-state index is 0.143. The van der Waals surface area contributed by atoms with Crippen LogP contribution >= 0.6 is 0 Å². The van der Waals surface area contributed by atoms with Crippen LogP contribution in [0.3, 0.4) is 0 Å². The molecule has 0 unspecified atom stereocenters. The van der Waals surface area contributed by atoms with E-state index in [1.54, 1.807) is 25.3 Å². The van der Waals surface area contributed by atoms with Gasteiger partial charge in [0.05, 0.1) is 0 Å². The fourth-order valence-electron chi connectivity index (χ4n) is 2.40. The molecule has 0 aliphatic heterocycles. The third-order valence-corrected chi connectivity index (χ3v) is 3.59. The molecule has 3 aromatic rings. The van der Waals surface area contributed by atoms with Gasteiger partial charge in [-0.15, -0.1) is 0 Å². The highest BCUT2D eigenvalue weighted by atomic mass is 19.2. The Morgan fingerprint density at radius 3 is 2.68 bits per heavy atom. The zero-order valence-corrected chi connectivity index (χ0v) is 13.5. The average molecular weight is 342 g/mol. The maximum Gasteiger partial charge on any atom is 0.248 e. The third-order valence-electron chi connectivity index (χ3n) is 3.59. The zero-order chi connectivity index (χ0) is 17.8. The van der Waals surface area contributed by atoms with Gasteiger partial charge >= 0.3 is 0 Å². The van der Waals surface area contributed by atoms with E-state index >= 15 is 0 Å². The Labute approximate surface area is 142 Å². The van der Waals surface area contributed by atoms with E-state index in [1.807, 2.05) is 6.07 Å². The van der Waals surface area contributed by atoms with Crippen molar-refractivity contribution in [3.05, 3.63) is 75.8 Å². The van der Waals surface area contributed by atoms with E-state index in [4.69, 9.17) is 0 Å². The molecule has 0 amide bonds. The molecule has 0 radical (unpaired) electrons. The van der Waals surface area contributed by atoms with Crippen LogP contribution in [0.2, 0.25) is 0 Å². The number of nitrogens with zero attached hydrogens (tertiary/aromatic N) is 2. The highest BCUT2D eigenvalue weighted by molar-refractivity contribution is 5.57. The van der Waals surface area contributed by atoms with Gasteiger partial charge in [0.2, 0.25) is 5.56 Å². The number of hydrogen-bond acceptors (Lipinski definition) is 4. The molecular weight excluding hydrogens is 326 g/mol. The number of aromatic nitrogens is 3. The number of aromatic amines is 1. The lowest BCUT2D eigenvalue weighted by atomic mass is 10.2. The van der Waals surface area contributed by atoms with E-state index in [0.29, 0.717) is 35.9 Å². The molecule has 0 aliphatic rings. The summed E-state index contributed by atoms with van der Waals surface area (Å²) < 4.78 is 26.5. The normalized spacial score (nSPS) is 10.7. The monoisotopic (exact) mass is 342 g/mol. The number of hydrogen-bond donors (Lipinski definition) is 2. The Bertz CT molecular complexity index is 956. The van der Waals surface area contributed by atoms with Crippen LogP contribution in [0.5, 0.6) is 0 Å². The molecule has 25 heavy (non-hydrogen) atoms. The van der Waals surface area contributed by atoms with Gasteiger partial charge < -0.3 is 10.3 Å². The molecule has 2 N–H and O–H groups in total. The minimum atomic E-state index is -0.939. The number of anilines is 1. The summed E-state index contributed by atoms with van der Waals surface area (Å²) in [6.07, 6.45) is 2.25. The van der Waals surface area contributed by atoms with Gasteiger partial charge in [-0.3, -0.25) is 4.79 Å². The molecule has 0 atom stereocenters. The van der Waals surface area contributed by atoms with Gasteiger partial charge in [0.25, 0.3) is 0 Å². The number of halogens is 2. The SMILES string of the molecule is Cc1cc(NCCc2cc[nH]c(=O)c2)nc(-c2ccc(F)c(F)c2)n1. The molecule has 0 aliphatic carbocycles. The number of rotatable bonds is 5. The summed E-state index contributed by atoms with van der Waals surface area (Å²) in [6.45, 7) is 2.37.